The number of H-pyrrole nitrogens is 1. The number of piperidine rings is 1. The van der Waals surface area contributed by atoms with Crippen molar-refractivity contribution in [2.45, 2.75) is 39.2 Å². The molecule has 2 aromatic heterocycles. The van der Waals surface area contributed by atoms with Crippen LogP contribution in [0.15, 0.2) is 30.6 Å². The van der Waals surface area contributed by atoms with Gasteiger partial charge in [-0.3, -0.25) is 0 Å². The first-order valence-electron chi connectivity index (χ1n) is 9.16. The molecule has 130 valence electrons. The SMILES string of the molecule is CCc1cnc(N[C@H]2CCCNC2)nc1-c1c[nH]c2c(C)cccc12. The van der Waals surface area contributed by atoms with Crippen molar-refractivity contribution in [2.75, 3.05) is 18.4 Å². The van der Waals surface area contributed by atoms with Crippen molar-refractivity contribution in [1.29, 1.82) is 0 Å². The highest BCUT2D eigenvalue weighted by Crippen LogP contribution is 2.31. The maximum Gasteiger partial charge on any atom is 0.223 e. The third-order valence-corrected chi connectivity index (χ3v) is 5.05. The van der Waals surface area contributed by atoms with E-state index >= 15 is 0 Å². The number of anilines is 1. The van der Waals surface area contributed by atoms with Crippen LogP contribution in [0.25, 0.3) is 22.2 Å². The average Bonchev–Trinajstić information content (AvgIpc) is 3.08. The van der Waals surface area contributed by atoms with Crippen LogP contribution < -0.4 is 10.6 Å². The van der Waals surface area contributed by atoms with Crippen molar-refractivity contribution in [3.8, 4) is 11.3 Å². The van der Waals surface area contributed by atoms with Gasteiger partial charge in [0.05, 0.1) is 5.69 Å². The van der Waals surface area contributed by atoms with E-state index in [4.69, 9.17) is 4.98 Å². The first kappa shape index (κ1) is 16.1. The maximum atomic E-state index is 4.89. The molecular formula is C20H25N5. The summed E-state index contributed by atoms with van der Waals surface area (Å²) in [7, 11) is 0. The van der Waals surface area contributed by atoms with Crippen molar-refractivity contribution in [3.63, 3.8) is 0 Å². The number of aryl methyl sites for hydroxylation is 2. The van der Waals surface area contributed by atoms with E-state index in [9.17, 15) is 0 Å². The molecule has 0 saturated carbocycles. The van der Waals surface area contributed by atoms with Gasteiger partial charge in [-0.15, -0.1) is 0 Å². The maximum absolute atomic E-state index is 4.89. The Balaban J connectivity index is 1.74. The highest BCUT2D eigenvalue weighted by molar-refractivity contribution is 5.96. The molecule has 5 nitrogen and oxygen atoms in total. The zero-order valence-electron chi connectivity index (χ0n) is 14.9. The first-order chi connectivity index (χ1) is 12.3. The standard InChI is InChI=1S/C20H25N5/c1-3-14-10-23-20(24-15-7-5-9-21-11-15)25-19(14)17-12-22-18-13(2)6-4-8-16(17)18/h4,6,8,10,12,15,21-22H,3,5,7,9,11H2,1-2H3,(H,23,24,25)/t15-/m0/s1. The minimum Gasteiger partial charge on any atom is -0.360 e. The number of nitrogens with zero attached hydrogens (tertiary/aromatic N) is 2. The van der Waals surface area contributed by atoms with E-state index in [0.29, 0.717) is 6.04 Å². The molecule has 1 atom stereocenters. The Morgan fingerprint density at radius 3 is 3.04 bits per heavy atom. The van der Waals surface area contributed by atoms with E-state index in [1.165, 1.54) is 28.5 Å². The second kappa shape index (κ2) is 6.84. The summed E-state index contributed by atoms with van der Waals surface area (Å²) in [6.45, 7) is 6.36. The molecule has 1 fully saturated rings. The molecule has 3 heterocycles. The van der Waals surface area contributed by atoms with Gasteiger partial charge in [-0.1, -0.05) is 25.1 Å². The van der Waals surface area contributed by atoms with Crippen LogP contribution in [0.3, 0.4) is 0 Å². The molecule has 0 unspecified atom stereocenters. The van der Waals surface area contributed by atoms with Gasteiger partial charge in [0.25, 0.3) is 0 Å². The Bertz CT molecular complexity index is 877. The van der Waals surface area contributed by atoms with Crippen LogP contribution in [-0.2, 0) is 6.42 Å². The fourth-order valence-electron chi connectivity index (χ4n) is 3.63. The molecule has 25 heavy (non-hydrogen) atoms. The number of aromatic amines is 1. The number of hydrogen-bond acceptors (Lipinski definition) is 4. The average molecular weight is 335 g/mol. The third-order valence-electron chi connectivity index (χ3n) is 5.05. The summed E-state index contributed by atoms with van der Waals surface area (Å²) < 4.78 is 0. The van der Waals surface area contributed by atoms with Gasteiger partial charge in [-0.25, -0.2) is 9.97 Å². The van der Waals surface area contributed by atoms with Gasteiger partial charge in [-0.05, 0) is 43.9 Å². The van der Waals surface area contributed by atoms with E-state index in [0.717, 1.165) is 43.1 Å². The van der Waals surface area contributed by atoms with Crippen LogP contribution in [0.1, 0.15) is 30.9 Å². The highest BCUT2D eigenvalue weighted by Gasteiger charge is 2.17. The molecule has 0 bridgehead atoms. The van der Waals surface area contributed by atoms with Crippen molar-refractivity contribution in [2.24, 2.45) is 0 Å². The van der Waals surface area contributed by atoms with Crippen molar-refractivity contribution in [3.05, 3.63) is 41.7 Å². The van der Waals surface area contributed by atoms with Crippen LogP contribution in [0.2, 0.25) is 0 Å². The van der Waals surface area contributed by atoms with Gasteiger partial charge in [0.1, 0.15) is 0 Å². The third kappa shape index (κ3) is 3.12. The normalized spacial score (nSPS) is 17.8. The molecule has 3 N–H and O–H groups in total. The Kier molecular flexibility index (Phi) is 4.40. The summed E-state index contributed by atoms with van der Waals surface area (Å²) in [6, 6.07) is 6.80. The van der Waals surface area contributed by atoms with Crippen molar-refractivity contribution in [1.82, 2.24) is 20.3 Å². The van der Waals surface area contributed by atoms with Gasteiger partial charge in [0.15, 0.2) is 0 Å². The van der Waals surface area contributed by atoms with Gasteiger partial charge in [0, 0.05) is 41.4 Å². The summed E-state index contributed by atoms with van der Waals surface area (Å²) in [6.07, 6.45) is 7.31. The number of rotatable bonds is 4. The molecule has 5 heteroatoms. The molecule has 1 saturated heterocycles. The van der Waals surface area contributed by atoms with E-state index in [1.54, 1.807) is 0 Å². The van der Waals surface area contributed by atoms with Crippen LogP contribution in [0.5, 0.6) is 0 Å². The number of benzene rings is 1. The Hall–Kier alpha value is -2.40. The van der Waals surface area contributed by atoms with Gasteiger partial charge in [0.2, 0.25) is 5.95 Å². The molecule has 1 aliphatic heterocycles. The molecule has 1 aliphatic rings. The molecule has 0 spiro atoms. The summed E-state index contributed by atoms with van der Waals surface area (Å²) in [5, 5.41) is 8.15. The number of nitrogens with one attached hydrogen (secondary N) is 3. The number of hydrogen-bond donors (Lipinski definition) is 3. The van der Waals surface area contributed by atoms with E-state index in [2.05, 4.69) is 58.8 Å². The molecule has 0 amide bonds. The van der Waals surface area contributed by atoms with Crippen molar-refractivity contribution < 1.29 is 0 Å². The summed E-state index contributed by atoms with van der Waals surface area (Å²) >= 11 is 0. The van der Waals surface area contributed by atoms with E-state index in [1.807, 2.05) is 6.20 Å². The zero-order valence-corrected chi connectivity index (χ0v) is 14.9. The van der Waals surface area contributed by atoms with Gasteiger partial charge in [-0.2, -0.15) is 0 Å². The highest BCUT2D eigenvalue weighted by atomic mass is 15.1. The first-order valence-corrected chi connectivity index (χ1v) is 9.16. The minimum atomic E-state index is 0.402. The largest absolute Gasteiger partial charge is 0.360 e. The second-order valence-electron chi connectivity index (χ2n) is 6.81. The molecule has 0 aliphatic carbocycles. The second-order valence-corrected chi connectivity index (χ2v) is 6.81. The van der Waals surface area contributed by atoms with Crippen LogP contribution >= 0.6 is 0 Å². The van der Waals surface area contributed by atoms with E-state index < -0.39 is 0 Å². The fraction of sp³-hybridized carbons (Fsp3) is 0.400. The predicted octanol–water partition coefficient (Wildman–Crippen LogP) is 3.66. The van der Waals surface area contributed by atoms with Crippen LogP contribution in [0, 0.1) is 6.92 Å². The molecule has 0 radical (unpaired) electrons. The van der Waals surface area contributed by atoms with E-state index in [-0.39, 0.29) is 0 Å². The lowest BCUT2D eigenvalue weighted by Crippen LogP contribution is -2.38. The summed E-state index contributed by atoms with van der Waals surface area (Å²) in [5.74, 6) is 0.725. The number of para-hydroxylation sites is 1. The fourth-order valence-corrected chi connectivity index (χ4v) is 3.63. The quantitative estimate of drug-likeness (QED) is 0.681. The number of fused-ring (bicyclic) bond motifs is 1. The van der Waals surface area contributed by atoms with Crippen LogP contribution in [-0.4, -0.2) is 34.1 Å². The topological polar surface area (TPSA) is 65.6 Å². The zero-order chi connectivity index (χ0) is 17.2. The lowest BCUT2D eigenvalue weighted by Gasteiger charge is -2.24. The molecule has 4 rings (SSSR count). The minimum absolute atomic E-state index is 0.402. The Labute approximate surface area is 148 Å². The summed E-state index contributed by atoms with van der Waals surface area (Å²) in [4.78, 5) is 12.9. The van der Waals surface area contributed by atoms with Crippen molar-refractivity contribution >= 4 is 16.9 Å². The molecular weight excluding hydrogens is 310 g/mol. The Morgan fingerprint density at radius 1 is 1.32 bits per heavy atom. The lowest BCUT2D eigenvalue weighted by atomic mass is 10.0. The monoisotopic (exact) mass is 335 g/mol. The van der Waals surface area contributed by atoms with Gasteiger partial charge >= 0.3 is 0 Å². The Morgan fingerprint density at radius 2 is 2.24 bits per heavy atom. The van der Waals surface area contributed by atoms with Gasteiger partial charge < -0.3 is 15.6 Å². The molecule has 3 aromatic rings. The molecule has 1 aromatic carbocycles. The number of aromatic nitrogens is 3. The predicted molar refractivity (Wildman–Crippen MR) is 103 cm³/mol. The lowest BCUT2D eigenvalue weighted by molar-refractivity contribution is 0.478. The van der Waals surface area contributed by atoms with Crippen LogP contribution in [0.4, 0.5) is 5.95 Å². The smallest absolute Gasteiger partial charge is 0.223 e. The summed E-state index contributed by atoms with van der Waals surface area (Å²) in [5.41, 5.74) is 5.80.